The maximum Gasteiger partial charge on any atom is 0.410 e. The minimum absolute atomic E-state index is 0.230. The van der Waals surface area contributed by atoms with E-state index >= 15 is 0 Å². The summed E-state index contributed by atoms with van der Waals surface area (Å²) >= 11 is 8.41. The Kier molecular flexibility index (Phi) is 5.95. The van der Waals surface area contributed by atoms with Gasteiger partial charge in [-0.15, -0.1) is 0 Å². The molecule has 2 atom stereocenters. The zero-order valence-corrected chi connectivity index (χ0v) is 16.9. The lowest BCUT2D eigenvalue weighted by molar-refractivity contribution is -0.145. The molecule has 6 nitrogen and oxygen atoms in total. The third-order valence-corrected chi connectivity index (χ3v) is 4.98. The van der Waals surface area contributed by atoms with Crippen molar-refractivity contribution in [2.75, 3.05) is 20.2 Å². The molecule has 1 saturated heterocycles. The summed E-state index contributed by atoms with van der Waals surface area (Å²) in [6.07, 6.45) is 1.16. The van der Waals surface area contributed by atoms with Gasteiger partial charge in [0.1, 0.15) is 10.8 Å². The van der Waals surface area contributed by atoms with E-state index in [0.717, 1.165) is 9.13 Å². The van der Waals surface area contributed by atoms with Crippen molar-refractivity contribution in [2.24, 2.45) is 5.92 Å². The quantitative estimate of drug-likeness (QED) is 0.379. The van der Waals surface area contributed by atoms with E-state index in [-0.39, 0.29) is 18.4 Å². The molecule has 132 valence electrons. The predicted molar refractivity (Wildman–Crippen MR) is 98.0 cm³/mol. The first-order chi connectivity index (χ1) is 11.1. The first-order valence-electron chi connectivity index (χ1n) is 7.49. The molecule has 24 heavy (non-hydrogen) atoms. The number of likely N-dealkylation sites (tertiary alicyclic amines) is 1. The Morgan fingerprint density at radius 3 is 2.58 bits per heavy atom. The summed E-state index contributed by atoms with van der Waals surface area (Å²) in [5, 5.41) is 0.340. The van der Waals surface area contributed by atoms with Crippen molar-refractivity contribution in [1.29, 1.82) is 0 Å². The molecule has 1 fully saturated rings. The topological polar surface area (TPSA) is 68.7 Å². The zero-order valence-electron chi connectivity index (χ0n) is 14.0. The van der Waals surface area contributed by atoms with E-state index in [1.54, 1.807) is 27.0 Å². The number of nitrogens with zero attached hydrogens (tertiary/aromatic N) is 2. The minimum Gasteiger partial charge on any atom is -0.469 e. The van der Waals surface area contributed by atoms with Crippen molar-refractivity contribution in [2.45, 2.75) is 32.3 Å². The smallest absolute Gasteiger partial charge is 0.410 e. The molecule has 2 rings (SSSR count). The normalized spacial score (nSPS) is 20.8. The Hall–Kier alpha value is -1.09. The molecular formula is C16H20ClIN2O4. The lowest BCUT2D eigenvalue weighted by Crippen LogP contribution is -2.36. The molecule has 1 amide bonds. The van der Waals surface area contributed by atoms with Crippen molar-refractivity contribution in [3.8, 4) is 0 Å². The lowest BCUT2D eigenvalue weighted by Gasteiger charge is -2.24. The summed E-state index contributed by atoms with van der Waals surface area (Å²) in [5.74, 6) is -1.16. The van der Waals surface area contributed by atoms with Gasteiger partial charge in [0, 0.05) is 34.3 Å². The fourth-order valence-electron chi connectivity index (χ4n) is 2.72. The van der Waals surface area contributed by atoms with Crippen LogP contribution in [-0.2, 0) is 14.3 Å². The molecule has 0 saturated carbocycles. The van der Waals surface area contributed by atoms with Crippen LogP contribution in [0.25, 0.3) is 0 Å². The van der Waals surface area contributed by atoms with Gasteiger partial charge in [0.05, 0.1) is 13.0 Å². The number of hydrogen-bond donors (Lipinski definition) is 0. The number of carbonyl (C=O) groups excluding carboxylic acids is 2. The molecular weight excluding hydrogens is 447 g/mol. The van der Waals surface area contributed by atoms with Crippen LogP contribution in [0.15, 0.2) is 12.3 Å². The predicted octanol–water partition coefficient (Wildman–Crippen LogP) is 3.46. The maximum absolute atomic E-state index is 12.4. The van der Waals surface area contributed by atoms with E-state index < -0.39 is 17.6 Å². The van der Waals surface area contributed by atoms with Gasteiger partial charge in [0.25, 0.3) is 0 Å². The van der Waals surface area contributed by atoms with Gasteiger partial charge in [-0.05, 0) is 49.4 Å². The van der Waals surface area contributed by atoms with Crippen LogP contribution in [0.5, 0.6) is 0 Å². The Labute approximate surface area is 160 Å². The number of methoxy groups -OCH3 is 1. The number of halogens is 2. The molecule has 0 radical (unpaired) electrons. The van der Waals surface area contributed by atoms with Gasteiger partial charge in [-0.3, -0.25) is 4.79 Å². The summed E-state index contributed by atoms with van der Waals surface area (Å²) in [5.41, 5.74) is 0.164. The van der Waals surface area contributed by atoms with E-state index in [2.05, 4.69) is 27.6 Å². The van der Waals surface area contributed by atoms with Crippen LogP contribution in [-0.4, -0.2) is 47.7 Å². The molecule has 1 aromatic rings. The summed E-state index contributed by atoms with van der Waals surface area (Å²) in [6.45, 7) is 5.97. The van der Waals surface area contributed by atoms with Crippen molar-refractivity contribution in [3.05, 3.63) is 26.5 Å². The van der Waals surface area contributed by atoms with Crippen molar-refractivity contribution < 1.29 is 19.1 Å². The van der Waals surface area contributed by atoms with E-state index in [1.807, 2.05) is 6.07 Å². The molecule has 2 heterocycles. The summed E-state index contributed by atoms with van der Waals surface area (Å²) in [7, 11) is 1.34. The molecule has 0 bridgehead atoms. The van der Waals surface area contributed by atoms with Gasteiger partial charge in [-0.25, -0.2) is 9.78 Å². The third-order valence-electron chi connectivity index (χ3n) is 3.73. The van der Waals surface area contributed by atoms with E-state index in [4.69, 9.17) is 21.1 Å². The van der Waals surface area contributed by atoms with Crippen molar-refractivity contribution in [1.82, 2.24) is 9.88 Å². The van der Waals surface area contributed by atoms with Crippen molar-refractivity contribution >= 4 is 46.3 Å². The second-order valence-electron chi connectivity index (χ2n) is 6.62. The minimum atomic E-state index is -0.601. The fraction of sp³-hybridized carbons (Fsp3) is 0.562. The van der Waals surface area contributed by atoms with Crippen LogP contribution < -0.4 is 0 Å². The lowest BCUT2D eigenvalue weighted by atomic mass is 9.90. The van der Waals surface area contributed by atoms with Gasteiger partial charge in [-0.2, -0.15) is 0 Å². The number of esters is 1. The Balaban J connectivity index is 2.32. The number of aromatic nitrogens is 1. The van der Waals surface area contributed by atoms with Gasteiger partial charge >= 0.3 is 12.1 Å². The number of rotatable bonds is 2. The Morgan fingerprint density at radius 2 is 2.04 bits per heavy atom. The molecule has 1 aromatic heterocycles. The molecule has 8 heteroatoms. The first-order valence-corrected chi connectivity index (χ1v) is 8.95. The monoisotopic (exact) mass is 466 g/mol. The molecule has 0 spiro atoms. The Bertz CT molecular complexity index is 627. The van der Waals surface area contributed by atoms with Crippen molar-refractivity contribution in [3.63, 3.8) is 0 Å². The molecule has 0 unspecified atom stereocenters. The van der Waals surface area contributed by atoms with Crippen LogP contribution in [0, 0.1) is 9.49 Å². The van der Waals surface area contributed by atoms with Crippen LogP contribution in [0.1, 0.15) is 32.3 Å². The average molecular weight is 467 g/mol. The van der Waals surface area contributed by atoms with Gasteiger partial charge < -0.3 is 14.4 Å². The van der Waals surface area contributed by atoms with Crippen LogP contribution in [0.3, 0.4) is 0 Å². The SMILES string of the molecule is COC(=O)[C@H]1CN(C(=O)OC(C)(C)C)C[C@H]1c1c(I)ccnc1Cl. The number of amides is 1. The standard InChI is InChI=1S/C16H20ClIN2O4/c1-16(2,3)24-15(22)20-7-9(10(8-20)14(21)23-4)12-11(18)5-6-19-13(12)17/h5-6,9-10H,7-8H2,1-4H3/t9-,10+/m1/s1. The highest BCUT2D eigenvalue weighted by Crippen LogP contribution is 2.39. The highest BCUT2D eigenvalue weighted by atomic mass is 127. The second kappa shape index (κ2) is 7.43. The summed E-state index contributed by atoms with van der Waals surface area (Å²) in [4.78, 5) is 30.2. The summed E-state index contributed by atoms with van der Waals surface area (Å²) in [6, 6.07) is 1.83. The average Bonchev–Trinajstić information content (AvgIpc) is 2.89. The number of ether oxygens (including phenoxy) is 2. The Morgan fingerprint density at radius 1 is 1.38 bits per heavy atom. The maximum atomic E-state index is 12.4. The second-order valence-corrected chi connectivity index (χ2v) is 8.14. The van der Waals surface area contributed by atoms with Crippen LogP contribution in [0.2, 0.25) is 5.15 Å². The zero-order chi connectivity index (χ0) is 18.1. The number of pyridine rings is 1. The number of hydrogen-bond acceptors (Lipinski definition) is 5. The first kappa shape index (κ1) is 19.2. The molecule has 1 aliphatic heterocycles. The number of carbonyl (C=O) groups is 2. The van der Waals surface area contributed by atoms with Crippen LogP contribution >= 0.6 is 34.2 Å². The highest BCUT2D eigenvalue weighted by molar-refractivity contribution is 14.1. The van der Waals surface area contributed by atoms with Gasteiger partial charge in [-0.1, -0.05) is 11.6 Å². The molecule has 1 aliphatic rings. The fourth-order valence-corrected chi connectivity index (χ4v) is 3.99. The highest BCUT2D eigenvalue weighted by Gasteiger charge is 2.44. The molecule has 0 aromatic carbocycles. The third kappa shape index (κ3) is 4.30. The van der Waals surface area contributed by atoms with E-state index in [1.165, 1.54) is 12.0 Å². The molecule has 0 N–H and O–H groups in total. The van der Waals surface area contributed by atoms with E-state index in [9.17, 15) is 9.59 Å². The van der Waals surface area contributed by atoms with Gasteiger partial charge in [0.15, 0.2) is 0 Å². The summed E-state index contributed by atoms with van der Waals surface area (Å²) < 4.78 is 11.2. The largest absolute Gasteiger partial charge is 0.469 e. The van der Waals surface area contributed by atoms with Gasteiger partial charge in [0.2, 0.25) is 0 Å². The molecule has 0 aliphatic carbocycles. The van der Waals surface area contributed by atoms with E-state index in [0.29, 0.717) is 11.7 Å². The van der Waals surface area contributed by atoms with Crippen LogP contribution in [0.4, 0.5) is 4.79 Å².